The zero-order valence-electron chi connectivity index (χ0n) is 11.0. The highest BCUT2D eigenvalue weighted by Crippen LogP contribution is 2.25. The van der Waals surface area contributed by atoms with Crippen LogP contribution in [0.25, 0.3) is 0 Å². The van der Waals surface area contributed by atoms with Crippen LogP contribution in [0.2, 0.25) is 0 Å². The molecule has 1 rings (SSSR count). The number of rotatable bonds is 6. The molecule has 0 unspecified atom stereocenters. The summed E-state index contributed by atoms with van der Waals surface area (Å²) < 4.78 is 0.369. The van der Waals surface area contributed by atoms with Crippen molar-refractivity contribution >= 4 is 27.5 Å². The third-order valence-electron chi connectivity index (χ3n) is 2.65. The second-order valence-corrected chi connectivity index (χ2v) is 5.57. The van der Waals surface area contributed by atoms with Gasteiger partial charge in [-0.2, -0.15) is 0 Å². The average Bonchev–Trinajstić information content (AvgIpc) is 2.34. The number of carbonyl (C=O) groups is 1. The summed E-state index contributed by atoms with van der Waals surface area (Å²) in [4.78, 5) is 22.1. The zero-order valence-corrected chi connectivity index (χ0v) is 12.6. The maximum absolute atomic E-state index is 11.8. The van der Waals surface area contributed by atoms with Crippen molar-refractivity contribution in [2.75, 3.05) is 6.54 Å². The SMILES string of the molecule is CC(C)CCCNC(=O)c1ccc(Br)c([N+](=O)[O-])c1. The van der Waals surface area contributed by atoms with Gasteiger partial charge in [-0.3, -0.25) is 14.9 Å². The minimum atomic E-state index is -0.514. The number of nitro benzene ring substituents is 1. The van der Waals surface area contributed by atoms with Crippen molar-refractivity contribution in [3.63, 3.8) is 0 Å². The molecule has 1 aromatic carbocycles. The Kier molecular flexibility index (Phi) is 5.95. The normalized spacial score (nSPS) is 10.5. The van der Waals surface area contributed by atoms with E-state index in [0.29, 0.717) is 22.5 Å². The molecule has 0 aliphatic heterocycles. The second kappa shape index (κ2) is 7.23. The van der Waals surface area contributed by atoms with E-state index in [1.165, 1.54) is 12.1 Å². The van der Waals surface area contributed by atoms with Crippen LogP contribution >= 0.6 is 15.9 Å². The van der Waals surface area contributed by atoms with E-state index in [4.69, 9.17) is 0 Å². The minimum absolute atomic E-state index is 0.102. The van der Waals surface area contributed by atoms with Gasteiger partial charge in [-0.1, -0.05) is 13.8 Å². The average molecular weight is 329 g/mol. The summed E-state index contributed by atoms with van der Waals surface area (Å²) in [6.07, 6.45) is 1.95. The van der Waals surface area contributed by atoms with Crippen molar-refractivity contribution in [3.05, 3.63) is 38.3 Å². The number of benzene rings is 1. The molecule has 1 amide bonds. The van der Waals surface area contributed by atoms with Gasteiger partial charge in [-0.05, 0) is 46.8 Å². The van der Waals surface area contributed by atoms with Crippen LogP contribution in [0, 0.1) is 16.0 Å². The molecule has 6 heteroatoms. The largest absolute Gasteiger partial charge is 0.352 e. The Morgan fingerprint density at radius 3 is 2.74 bits per heavy atom. The molecule has 0 atom stereocenters. The van der Waals surface area contributed by atoms with Crippen LogP contribution in [0.1, 0.15) is 37.0 Å². The van der Waals surface area contributed by atoms with Gasteiger partial charge < -0.3 is 5.32 Å². The van der Waals surface area contributed by atoms with Gasteiger partial charge in [0.25, 0.3) is 11.6 Å². The molecule has 0 spiro atoms. The van der Waals surface area contributed by atoms with Gasteiger partial charge in [0.15, 0.2) is 0 Å². The maximum Gasteiger partial charge on any atom is 0.284 e. The van der Waals surface area contributed by atoms with E-state index in [-0.39, 0.29) is 11.6 Å². The first-order chi connectivity index (χ1) is 8.91. The Hall–Kier alpha value is -1.43. The third-order valence-corrected chi connectivity index (χ3v) is 3.32. The number of nitrogens with zero attached hydrogens (tertiary/aromatic N) is 1. The van der Waals surface area contributed by atoms with Crippen molar-refractivity contribution in [2.45, 2.75) is 26.7 Å². The number of hydrogen-bond donors (Lipinski definition) is 1. The number of halogens is 1. The second-order valence-electron chi connectivity index (χ2n) is 4.72. The standard InChI is InChI=1S/C13H17BrN2O3/c1-9(2)4-3-7-15-13(17)10-5-6-11(14)12(8-10)16(18)19/h5-6,8-9H,3-4,7H2,1-2H3,(H,15,17). The predicted octanol–water partition coefficient (Wildman–Crippen LogP) is 3.52. The highest BCUT2D eigenvalue weighted by Gasteiger charge is 2.15. The fraction of sp³-hybridized carbons (Fsp3) is 0.462. The first kappa shape index (κ1) is 15.6. The van der Waals surface area contributed by atoms with Gasteiger partial charge in [0, 0.05) is 18.2 Å². The van der Waals surface area contributed by atoms with Crippen molar-refractivity contribution in [1.29, 1.82) is 0 Å². The predicted molar refractivity (Wildman–Crippen MR) is 77.2 cm³/mol. The monoisotopic (exact) mass is 328 g/mol. The Balaban J connectivity index is 2.62. The molecule has 0 heterocycles. The number of amides is 1. The smallest absolute Gasteiger partial charge is 0.284 e. The zero-order chi connectivity index (χ0) is 14.4. The molecule has 5 nitrogen and oxygen atoms in total. The number of hydrogen-bond acceptors (Lipinski definition) is 3. The van der Waals surface area contributed by atoms with E-state index < -0.39 is 4.92 Å². The quantitative estimate of drug-likeness (QED) is 0.493. The van der Waals surface area contributed by atoms with E-state index in [9.17, 15) is 14.9 Å². The van der Waals surface area contributed by atoms with E-state index in [0.717, 1.165) is 12.8 Å². The highest BCUT2D eigenvalue weighted by atomic mass is 79.9. The third kappa shape index (κ3) is 4.98. The molecule has 0 saturated carbocycles. The van der Waals surface area contributed by atoms with Gasteiger partial charge in [0.1, 0.15) is 0 Å². The van der Waals surface area contributed by atoms with Crippen LogP contribution in [0.4, 0.5) is 5.69 Å². The molecule has 1 aromatic rings. The van der Waals surface area contributed by atoms with Crippen molar-refractivity contribution in [1.82, 2.24) is 5.32 Å². The fourth-order valence-electron chi connectivity index (χ4n) is 1.61. The lowest BCUT2D eigenvalue weighted by Gasteiger charge is -2.07. The molecule has 0 aromatic heterocycles. The molecule has 0 saturated heterocycles. The Morgan fingerprint density at radius 2 is 2.16 bits per heavy atom. The van der Waals surface area contributed by atoms with Crippen molar-refractivity contribution < 1.29 is 9.72 Å². The van der Waals surface area contributed by atoms with E-state index in [1.54, 1.807) is 6.07 Å². The summed E-state index contributed by atoms with van der Waals surface area (Å²) in [5, 5.41) is 13.5. The molecule has 19 heavy (non-hydrogen) atoms. The summed E-state index contributed by atoms with van der Waals surface area (Å²) >= 11 is 3.09. The van der Waals surface area contributed by atoms with Crippen LogP contribution < -0.4 is 5.32 Å². The molecule has 104 valence electrons. The lowest BCUT2D eigenvalue weighted by molar-refractivity contribution is -0.385. The van der Waals surface area contributed by atoms with Gasteiger partial charge in [-0.25, -0.2) is 0 Å². The van der Waals surface area contributed by atoms with E-state index in [2.05, 4.69) is 35.1 Å². The summed E-state index contributed by atoms with van der Waals surface area (Å²) in [7, 11) is 0. The summed E-state index contributed by atoms with van der Waals surface area (Å²) in [5.41, 5.74) is 0.203. The summed E-state index contributed by atoms with van der Waals surface area (Å²) in [6.45, 7) is 4.83. The Morgan fingerprint density at radius 1 is 1.47 bits per heavy atom. The van der Waals surface area contributed by atoms with Crippen molar-refractivity contribution in [2.24, 2.45) is 5.92 Å². The number of nitro groups is 1. The van der Waals surface area contributed by atoms with Crippen LogP contribution in [0.15, 0.2) is 22.7 Å². The molecular weight excluding hydrogens is 312 g/mol. The van der Waals surface area contributed by atoms with Crippen molar-refractivity contribution in [3.8, 4) is 0 Å². The van der Waals surface area contributed by atoms with Crippen LogP contribution in [0.3, 0.4) is 0 Å². The Bertz CT molecular complexity index is 475. The van der Waals surface area contributed by atoms with E-state index in [1.807, 2.05) is 0 Å². The van der Waals surface area contributed by atoms with Crippen LogP contribution in [-0.4, -0.2) is 17.4 Å². The molecule has 1 N–H and O–H groups in total. The minimum Gasteiger partial charge on any atom is -0.352 e. The first-order valence-corrected chi connectivity index (χ1v) is 6.93. The van der Waals surface area contributed by atoms with Gasteiger partial charge in [-0.15, -0.1) is 0 Å². The highest BCUT2D eigenvalue weighted by molar-refractivity contribution is 9.10. The lowest BCUT2D eigenvalue weighted by atomic mass is 10.1. The lowest BCUT2D eigenvalue weighted by Crippen LogP contribution is -2.24. The van der Waals surface area contributed by atoms with Gasteiger partial charge >= 0.3 is 0 Å². The molecule has 0 aliphatic carbocycles. The molecule has 0 radical (unpaired) electrons. The molecule has 0 aliphatic rings. The van der Waals surface area contributed by atoms with Crippen LogP contribution in [0.5, 0.6) is 0 Å². The summed E-state index contributed by atoms with van der Waals surface area (Å²) in [6, 6.07) is 4.36. The fourth-order valence-corrected chi connectivity index (χ4v) is 2.00. The Labute approximate surface area is 120 Å². The molecule has 0 fully saturated rings. The van der Waals surface area contributed by atoms with Crippen LogP contribution in [-0.2, 0) is 0 Å². The first-order valence-electron chi connectivity index (χ1n) is 6.14. The van der Waals surface area contributed by atoms with Gasteiger partial charge in [0.05, 0.1) is 9.40 Å². The number of carbonyl (C=O) groups excluding carboxylic acids is 1. The topological polar surface area (TPSA) is 72.2 Å². The molecular formula is C13H17BrN2O3. The maximum atomic E-state index is 11.8. The van der Waals surface area contributed by atoms with Gasteiger partial charge in [0.2, 0.25) is 0 Å². The summed E-state index contributed by atoms with van der Waals surface area (Å²) in [5.74, 6) is 0.324. The van der Waals surface area contributed by atoms with E-state index >= 15 is 0 Å². The number of nitrogens with one attached hydrogen (secondary N) is 1. The molecule has 0 bridgehead atoms.